The molecule has 1 N–H and O–H groups in total. The molecule has 2 aliphatic rings. The summed E-state index contributed by atoms with van der Waals surface area (Å²) in [6.45, 7) is 0. The van der Waals surface area contributed by atoms with Crippen molar-refractivity contribution in [1.29, 1.82) is 0 Å². The van der Waals surface area contributed by atoms with Crippen LogP contribution in [0.1, 0.15) is 24.8 Å². The van der Waals surface area contributed by atoms with E-state index in [1.165, 1.54) is 6.07 Å². The molecule has 4 heteroatoms. The van der Waals surface area contributed by atoms with E-state index in [1.807, 2.05) is 0 Å². The third kappa shape index (κ3) is 1.63. The summed E-state index contributed by atoms with van der Waals surface area (Å²) in [4.78, 5) is 11.6. The van der Waals surface area contributed by atoms with E-state index >= 15 is 0 Å². The Balaban J connectivity index is 1.93. The van der Waals surface area contributed by atoms with Gasteiger partial charge in [0.1, 0.15) is 11.2 Å². The molecule has 96 valence electrons. The molecule has 2 saturated heterocycles. The van der Waals surface area contributed by atoms with Crippen molar-refractivity contribution >= 4 is 5.97 Å². The predicted octanol–water partition coefficient (Wildman–Crippen LogP) is 2.39. The molecule has 3 unspecified atom stereocenters. The molecule has 1 aromatic rings. The molecule has 3 atom stereocenters. The second kappa shape index (κ2) is 4.05. The van der Waals surface area contributed by atoms with Crippen molar-refractivity contribution in [2.45, 2.75) is 37.9 Å². The number of aliphatic carboxylic acids is 1. The number of carbonyl (C=O) groups is 1. The number of carboxylic acids is 1. The van der Waals surface area contributed by atoms with Crippen LogP contribution in [-0.4, -0.2) is 23.3 Å². The number of fused-ring (bicyclic) bond motifs is 2. The van der Waals surface area contributed by atoms with E-state index in [4.69, 9.17) is 4.74 Å². The Morgan fingerprint density at radius 2 is 2.22 bits per heavy atom. The SMILES string of the molecule is O=C(O)C1(Cc2ccccc2F)CC2CCC1O2. The number of rotatable bonds is 3. The highest BCUT2D eigenvalue weighted by molar-refractivity contribution is 5.76. The van der Waals surface area contributed by atoms with Gasteiger partial charge in [-0.1, -0.05) is 18.2 Å². The van der Waals surface area contributed by atoms with E-state index in [1.54, 1.807) is 18.2 Å². The third-order valence-corrected chi connectivity index (χ3v) is 4.21. The predicted molar refractivity (Wildman–Crippen MR) is 62.7 cm³/mol. The number of hydrogen-bond acceptors (Lipinski definition) is 2. The van der Waals surface area contributed by atoms with Gasteiger partial charge in [0.15, 0.2) is 0 Å². The highest BCUT2D eigenvalue weighted by atomic mass is 19.1. The van der Waals surface area contributed by atoms with Gasteiger partial charge in [-0.2, -0.15) is 0 Å². The van der Waals surface area contributed by atoms with Gasteiger partial charge < -0.3 is 9.84 Å². The fourth-order valence-electron chi connectivity index (χ4n) is 3.27. The average molecular weight is 250 g/mol. The topological polar surface area (TPSA) is 46.5 Å². The molecule has 3 nitrogen and oxygen atoms in total. The Morgan fingerprint density at radius 3 is 2.78 bits per heavy atom. The van der Waals surface area contributed by atoms with E-state index < -0.39 is 11.4 Å². The molecule has 1 aromatic carbocycles. The van der Waals surface area contributed by atoms with Gasteiger partial charge in [-0.05, 0) is 37.3 Å². The number of benzene rings is 1. The molecule has 18 heavy (non-hydrogen) atoms. The van der Waals surface area contributed by atoms with Crippen LogP contribution in [0, 0.1) is 11.2 Å². The lowest BCUT2D eigenvalue weighted by Crippen LogP contribution is -2.42. The van der Waals surface area contributed by atoms with Crippen LogP contribution in [0.2, 0.25) is 0 Å². The molecule has 0 aromatic heterocycles. The third-order valence-electron chi connectivity index (χ3n) is 4.21. The number of hydrogen-bond donors (Lipinski definition) is 1. The largest absolute Gasteiger partial charge is 0.481 e. The van der Waals surface area contributed by atoms with E-state index in [0.717, 1.165) is 12.8 Å². The summed E-state index contributed by atoms with van der Waals surface area (Å²) in [7, 11) is 0. The molecule has 0 spiro atoms. The molecule has 0 aliphatic carbocycles. The van der Waals surface area contributed by atoms with E-state index in [0.29, 0.717) is 12.0 Å². The fraction of sp³-hybridized carbons (Fsp3) is 0.500. The number of halogens is 1. The van der Waals surface area contributed by atoms with Crippen LogP contribution >= 0.6 is 0 Å². The Bertz CT molecular complexity index is 488. The molecular formula is C14H15FO3. The van der Waals surface area contributed by atoms with Crippen molar-refractivity contribution < 1.29 is 19.0 Å². The average Bonchev–Trinajstić information content (AvgIpc) is 2.93. The smallest absolute Gasteiger partial charge is 0.312 e. The van der Waals surface area contributed by atoms with Crippen LogP contribution < -0.4 is 0 Å². The van der Waals surface area contributed by atoms with Gasteiger partial charge >= 0.3 is 5.97 Å². The van der Waals surface area contributed by atoms with Crippen LogP contribution in [0.3, 0.4) is 0 Å². The van der Waals surface area contributed by atoms with E-state index in [2.05, 4.69) is 0 Å². The molecule has 3 rings (SSSR count). The van der Waals surface area contributed by atoms with Crippen molar-refractivity contribution in [3.8, 4) is 0 Å². The minimum absolute atomic E-state index is 0.0397. The molecule has 0 amide bonds. The first-order valence-corrected chi connectivity index (χ1v) is 6.24. The summed E-state index contributed by atoms with van der Waals surface area (Å²) >= 11 is 0. The second-order valence-electron chi connectivity index (χ2n) is 5.26. The minimum atomic E-state index is -0.939. The molecule has 2 aliphatic heterocycles. The molecule has 2 bridgehead atoms. The lowest BCUT2D eigenvalue weighted by Gasteiger charge is -2.31. The maximum atomic E-state index is 13.7. The summed E-state index contributed by atoms with van der Waals surface area (Å²) in [6.07, 6.45) is 2.19. The van der Waals surface area contributed by atoms with Gasteiger partial charge in [-0.15, -0.1) is 0 Å². The van der Waals surface area contributed by atoms with Gasteiger partial charge in [0.25, 0.3) is 0 Å². The number of ether oxygens (including phenoxy) is 1. The molecule has 0 radical (unpaired) electrons. The first-order chi connectivity index (χ1) is 8.62. The summed E-state index contributed by atoms with van der Waals surface area (Å²) < 4.78 is 19.3. The summed E-state index contributed by atoms with van der Waals surface area (Å²) in [5.74, 6) is -1.20. The molecule has 0 saturated carbocycles. The standard InChI is InChI=1S/C14H15FO3/c15-11-4-2-1-3-9(11)7-14(13(16)17)8-10-5-6-12(14)18-10/h1-4,10,12H,5-8H2,(H,16,17). The highest BCUT2D eigenvalue weighted by Crippen LogP contribution is 2.49. The van der Waals surface area contributed by atoms with Gasteiger partial charge in [0.05, 0.1) is 12.2 Å². The van der Waals surface area contributed by atoms with E-state index in [9.17, 15) is 14.3 Å². The quantitative estimate of drug-likeness (QED) is 0.896. The van der Waals surface area contributed by atoms with Crippen molar-refractivity contribution in [3.63, 3.8) is 0 Å². The summed E-state index contributed by atoms with van der Waals surface area (Å²) in [5, 5.41) is 9.54. The highest BCUT2D eigenvalue weighted by Gasteiger charge is 2.57. The lowest BCUT2D eigenvalue weighted by atomic mass is 9.70. The van der Waals surface area contributed by atoms with E-state index in [-0.39, 0.29) is 24.4 Å². The van der Waals surface area contributed by atoms with Crippen LogP contribution in [0.4, 0.5) is 4.39 Å². The Morgan fingerprint density at radius 1 is 1.44 bits per heavy atom. The molecule has 2 heterocycles. The van der Waals surface area contributed by atoms with Crippen molar-refractivity contribution in [1.82, 2.24) is 0 Å². The van der Waals surface area contributed by atoms with Crippen molar-refractivity contribution in [2.24, 2.45) is 5.41 Å². The number of carboxylic acid groups (broad SMARTS) is 1. The van der Waals surface area contributed by atoms with Crippen LogP contribution in [-0.2, 0) is 16.0 Å². The first kappa shape index (κ1) is 11.7. The minimum Gasteiger partial charge on any atom is -0.481 e. The van der Waals surface area contributed by atoms with Crippen molar-refractivity contribution in [2.75, 3.05) is 0 Å². The maximum absolute atomic E-state index is 13.7. The summed E-state index contributed by atoms with van der Waals surface area (Å²) in [5.41, 5.74) is -0.471. The lowest BCUT2D eigenvalue weighted by molar-refractivity contribution is -0.152. The van der Waals surface area contributed by atoms with Crippen LogP contribution in [0.5, 0.6) is 0 Å². The van der Waals surface area contributed by atoms with Crippen LogP contribution in [0.15, 0.2) is 24.3 Å². The Labute approximate surface area is 105 Å². The normalized spacial score (nSPS) is 33.8. The zero-order valence-corrected chi connectivity index (χ0v) is 9.93. The van der Waals surface area contributed by atoms with Gasteiger partial charge in [0.2, 0.25) is 0 Å². The monoisotopic (exact) mass is 250 g/mol. The van der Waals surface area contributed by atoms with Crippen molar-refractivity contribution in [3.05, 3.63) is 35.6 Å². The second-order valence-corrected chi connectivity index (χ2v) is 5.26. The van der Waals surface area contributed by atoms with Gasteiger partial charge in [-0.3, -0.25) is 4.79 Å². The fourth-order valence-corrected chi connectivity index (χ4v) is 3.27. The summed E-state index contributed by atoms with van der Waals surface area (Å²) in [6, 6.07) is 6.39. The van der Waals surface area contributed by atoms with Gasteiger partial charge in [0, 0.05) is 0 Å². The van der Waals surface area contributed by atoms with Crippen LogP contribution in [0.25, 0.3) is 0 Å². The molecule has 2 fully saturated rings. The Kier molecular flexibility index (Phi) is 2.63. The Hall–Kier alpha value is -1.42. The first-order valence-electron chi connectivity index (χ1n) is 6.24. The maximum Gasteiger partial charge on any atom is 0.312 e. The molecular weight excluding hydrogens is 235 g/mol. The van der Waals surface area contributed by atoms with Gasteiger partial charge in [-0.25, -0.2) is 4.39 Å². The zero-order chi connectivity index (χ0) is 12.8. The zero-order valence-electron chi connectivity index (χ0n) is 9.93.